The quantitative estimate of drug-likeness (QED) is 0.879. The summed E-state index contributed by atoms with van der Waals surface area (Å²) in [5, 5.41) is 0. The Bertz CT molecular complexity index is 541. The molecule has 0 aromatic heterocycles. The fraction of sp³-hybridized carbons (Fsp3) is 0.500. The molecule has 0 heterocycles. The van der Waals surface area contributed by atoms with E-state index in [1.165, 1.54) is 23.5 Å². The summed E-state index contributed by atoms with van der Waals surface area (Å²) < 4.78 is 39.4. The highest BCUT2D eigenvalue weighted by Gasteiger charge is 2.30. The number of rotatable bonds is 5. The van der Waals surface area contributed by atoms with Gasteiger partial charge >= 0.3 is 0 Å². The Morgan fingerprint density at radius 2 is 2.11 bits per heavy atom. The van der Waals surface area contributed by atoms with Crippen LogP contribution in [0.1, 0.15) is 18.4 Å². The zero-order valence-corrected chi connectivity index (χ0v) is 11.1. The standard InChI is InChI=1S/C12H17FN2O2S/c1-15(8-9-2-3-9)18(16,17)12-5-4-10(7-14)6-11(12)13/h4-6,9H,2-3,7-8,14H2,1H3. The summed E-state index contributed by atoms with van der Waals surface area (Å²) in [5.74, 6) is -0.309. The molecule has 100 valence electrons. The van der Waals surface area contributed by atoms with Crippen molar-refractivity contribution < 1.29 is 12.8 Å². The van der Waals surface area contributed by atoms with Crippen LogP contribution in [0.4, 0.5) is 4.39 Å². The van der Waals surface area contributed by atoms with Crippen molar-refractivity contribution in [2.75, 3.05) is 13.6 Å². The average molecular weight is 272 g/mol. The van der Waals surface area contributed by atoms with Crippen LogP contribution >= 0.6 is 0 Å². The van der Waals surface area contributed by atoms with Gasteiger partial charge in [-0.2, -0.15) is 0 Å². The molecule has 1 saturated carbocycles. The molecule has 1 aliphatic rings. The smallest absolute Gasteiger partial charge is 0.245 e. The van der Waals surface area contributed by atoms with Crippen LogP contribution in [-0.4, -0.2) is 26.3 Å². The third kappa shape index (κ3) is 2.71. The zero-order chi connectivity index (χ0) is 13.3. The molecule has 0 spiro atoms. The molecule has 0 atom stereocenters. The largest absolute Gasteiger partial charge is 0.326 e. The summed E-state index contributed by atoms with van der Waals surface area (Å²) in [6.45, 7) is 0.648. The van der Waals surface area contributed by atoms with Crippen molar-refractivity contribution in [3.05, 3.63) is 29.6 Å². The van der Waals surface area contributed by atoms with E-state index in [1.807, 2.05) is 0 Å². The second-order valence-corrected chi connectivity index (χ2v) is 6.71. The molecular formula is C12H17FN2O2S. The van der Waals surface area contributed by atoms with Crippen molar-refractivity contribution in [2.24, 2.45) is 11.7 Å². The van der Waals surface area contributed by atoms with Gasteiger partial charge in [0.1, 0.15) is 10.7 Å². The number of hydrogen-bond donors (Lipinski definition) is 1. The first-order valence-corrected chi connectivity index (χ1v) is 7.34. The molecule has 2 rings (SSSR count). The minimum Gasteiger partial charge on any atom is -0.326 e. The molecule has 2 N–H and O–H groups in total. The van der Waals surface area contributed by atoms with Crippen molar-refractivity contribution >= 4 is 10.0 Å². The first kappa shape index (κ1) is 13.5. The fourth-order valence-corrected chi connectivity index (χ4v) is 3.10. The lowest BCUT2D eigenvalue weighted by molar-refractivity contribution is 0.447. The first-order chi connectivity index (χ1) is 8.45. The molecule has 18 heavy (non-hydrogen) atoms. The maximum atomic E-state index is 13.8. The van der Waals surface area contributed by atoms with Gasteiger partial charge in [0, 0.05) is 20.1 Å². The summed E-state index contributed by atoms with van der Waals surface area (Å²) >= 11 is 0. The summed E-state index contributed by atoms with van der Waals surface area (Å²) in [6.07, 6.45) is 2.10. The molecule has 0 bridgehead atoms. The van der Waals surface area contributed by atoms with Crippen molar-refractivity contribution in [3.8, 4) is 0 Å². The highest BCUT2D eigenvalue weighted by molar-refractivity contribution is 7.89. The second kappa shape index (κ2) is 4.95. The highest BCUT2D eigenvalue weighted by Crippen LogP contribution is 2.31. The van der Waals surface area contributed by atoms with Gasteiger partial charge in [0.05, 0.1) is 0 Å². The lowest BCUT2D eigenvalue weighted by Crippen LogP contribution is -2.29. The van der Waals surface area contributed by atoms with Crippen LogP contribution in [0, 0.1) is 11.7 Å². The molecule has 1 aromatic rings. The Morgan fingerprint density at radius 1 is 1.44 bits per heavy atom. The monoisotopic (exact) mass is 272 g/mol. The lowest BCUT2D eigenvalue weighted by Gasteiger charge is -2.17. The van der Waals surface area contributed by atoms with E-state index in [2.05, 4.69) is 0 Å². The van der Waals surface area contributed by atoms with E-state index in [1.54, 1.807) is 6.07 Å². The van der Waals surface area contributed by atoms with Crippen LogP contribution in [0.2, 0.25) is 0 Å². The van der Waals surface area contributed by atoms with E-state index in [4.69, 9.17) is 5.73 Å². The van der Waals surface area contributed by atoms with E-state index < -0.39 is 15.8 Å². The number of hydrogen-bond acceptors (Lipinski definition) is 3. The number of nitrogens with zero attached hydrogens (tertiary/aromatic N) is 1. The predicted octanol–water partition coefficient (Wildman–Crippen LogP) is 1.31. The number of nitrogens with two attached hydrogens (primary N) is 1. The first-order valence-electron chi connectivity index (χ1n) is 5.90. The maximum absolute atomic E-state index is 13.8. The minimum absolute atomic E-state index is 0.190. The van der Waals surface area contributed by atoms with E-state index >= 15 is 0 Å². The van der Waals surface area contributed by atoms with Gasteiger partial charge < -0.3 is 5.73 Å². The number of benzene rings is 1. The van der Waals surface area contributed by atoms with E-state index in [-0.39, 0.29) is 11.4 Å². The van der Waals surface area contributed by atoms with Crippen LogP contribution in [-0.2, 0) is 16.6 Å². The van der Waals surface area contributed by atoms with Gasteiger partial charge in [-0.25, -0.2) is 17.1 Å². The van der Waals surface area contributed by atoms with Crippen molar-refractivity contribution in [1.29, 1.82) is 0 Å². The van der Waals surface area contributed by atoms with Crippen LogP contribution in [0.15, 0.2) is 23.1 Å². The van der Waals surface area contributed by atoms with Gasteiger partial charge in [-0.15, -0.1) is 0 Å². The lowest BCUT2D eigenvalue weighted by atomic mass is 10.2. The molecule has 0 unspecified atom stereocenters. The molecule has 0 amide bonds. The topological polar surface area (TPSA) is 63.4 Å². The third-order valence-corrected chi connectivity index (χ3v) is 4.99. The van der Waals surface area contributed by atoms with Gasteiger partial charge in [0.2, 0.25) is 10.0 Å². The van der Waals surface area contributed by atoms with Gasteiger partial charge in [0.15, 0.2) is 0 Å². The van der Waals surface area contributed by atoms with Gasteiger partial charge in [-0.05, 0) is 36.5 Å². The highest BCUT2D eigenvalue weighted by atomic mass is 32.2. The molecule has 1 aliphatic carbocycles. The van der Waals surface area contributed by atoms with Crippen molar-refractivity contribution in [1.82, 2.24) is 4.31 Å². The molecule has 1 fully saturated rings. The SMILES string of the molecule is CN(CC1CC1)S(=O)(=O)c1ccc(CN)cc1F. The van der Waals surface area contributed by atoms with E-state index in [9.17, 15) is 12.8 Å². The van der Waals surface area contributed by atoms with Gasteiger partial charge in [-0.1, -0.05) is 6.07 Å². The molecule has 0 aliphatic heterocycles. The third-order valence-electron chi connectivity index (χ3n) is 3.13. The molecule has 4 nitrogen and oxygen atoms in total. The van der Waals surface area contributed by atoms with E-state index in [0.717, 1.165) is 12.8 Å². The van der Waals surface area contributed by atoms with E-state index in [0.29, 0.717) is 18.0 Å². The van der Waals surface area contributed by atoms with Gasteiger partial charge in [-0.3, -0.25) is 0 Å². The molecular weight excluding hydrogens is 255 g/mol. The Morgan fingerprint density at radius 3 is 2.61 bits per heavy atom. The average Bonchev–Trinajstić information content (AvgIpc) is 3.12. The Balaban J connectivity index is 2.28. The molecule has 0 radical (unpaired) electrons. The zero-order valence-electron chi connectivity index (χ0n) is 10.3. The van der Waals surface area contributed by atoms with Gasteiger partial charge in [0.25, 0.3) is 0 Å². The Kier molecular flexibility index (Phi) is 3.70. The number of halogens is 1. The normalized spacial score (nSPS) is 16.2. The Hall–Kier alpha value is -0.980. The minimum atomic E-state index is -3.73. The van der Waals surface area contributed by atoms with Crippen LogP contribution in [0.3, 0.4) is 0 Å². The molecule has 1 aromatic carbocycles. The van der Waals surface area contributed by atoms with Crippen LogP contribution in [0.25, 0.3) is 0 Å². The van der Waals surface area contributed by atoms with Crippen molar-refractivity contribution in [3.63, 3.8) is 0 Å². The van der Waals surface area contributed by atoms with Crippen LogP contribution in [0.5, 0.6) is 0 Å². The molecule has 0 saturated heterocycles. The van der Waals surface area contributed by atoms with Crippen molar-refractivity contribution in [2.45, 2.75) is 24.3 Å². The maximum Gasteiger partial charge on any atom is 0.245 e. The molecule has 6 heteroatoms. The fourth-order valence-electron chi connectivity index (χ4n) is 1.81. The predicted molar refractivity (Wildman–Crippen MR) is 66.8 cm³/mol. The Labute approximate surface area is 107 Å². The number of sulfonamides is 1. The summed E-state index contributed by atoms with van der Waals surface area (Å²) in [6, 6.07) is 4.01. The summed E-state index contributed by atoms with van der Waals surface area (Å²) in [7, 11) is -2.24. The second-order valence-electron chi connectivity index (χ2n) is 4.70. The summed E-state index contributed by atoms with van der Waals surface area (Å²) in [4.78, 5) is -0.275. The summed E-state index contributed by atoms with van der Waals surface area (Å²) in [5.41, 5.74) is 5.97. The van der Waals surface area contributed by atoms with Crippen LogP contribution < -0.4 is 5.73 Å².